The normalized spacial score (nSPS) is 10.1. The summed E-state index contributed by atoms with van der Waals surface area (Å²) in [7, 11) is 2.74. The lowest BCUT2D eigenvalue weighted by Crippen LogP contribution is -1.99. The van der Waals surface area contributed by atoms with E-state index in [1.165, 1.54) is 20.3 Å². The first-order chi connectivity index (χ1) is 6.65. The number of benzene rings is 1. The minimum Gasteiger partial charge on any atom is -0.492 e. The van der Waals surface area contributed by atoms with Crippen LogP contribution in [0.1, 0.15) is 5.56 Å². The van der Waals surface area contributed by atoms with Gasteiger partial charge in [0.25, 0.3) is 0 Å². The molecule has 0 atom stereocenters. The summed E-state index contributed by atoms with van der Waals surface area (Å²) >= 11 is 3.13. The predicted molar refractivity (Wildman–Crippen MR) is 53.1 cm³/mol. The number of hydrogen-bond donors (Lipinski definition) is 1. The molecule has 0 spiro atoms. The Hall–Kier alpha value is -0.810. The maximum atomic E-state index is 13.3. The molecular formula is C9H10BrFO3. The topological polar surface area (TPSA) is 38.7 Å². The lowest BCUT2D eigenvalue weighted by atomic mass is 10.2. The van der Waals surface area contributed by atoms with Crippen molar-refractivity contribution in [1.29, 1.82) is 0 Å². The van der Waals surface area contributed by atoms with Gasteiger partial charge in [-0.15, -0.1) is 0 Å². The highest BCUT2D eigenvalue weighted by Crippen LogP contribution is 2.38. The van der Waals surface area contributed by atoms with Crippen molar-refractivity contribution in [3.63, 3.8) is 0 Å². The third-order valence-corrected chi connectivity index (χ3v) is 2.51. The molecule has 1 rings (SSSR count). The number of aliphatic hydroxyl groups is 1. The first kappa shape index (κ1) is 11.3. The Morgan fingerprint density at radius 1 is 1.36 bits per heavy atom. The molecule has 0 aliphatic carbocycles. The van der Waals surface area contributed by atoms with E-state index in [0.717, 1.165) is 0 Å². The lowest BCUT2D eigenvalue weighted by Gasteiger charge is -2.13. The standard InChI is InChI=1S/C9H10BrFO3/c1-13-8-5(4-12)6(10)3-7(11)9(8)14-2/h3,12H,4H2,1-2H3. The van der Waals surface area contributed by atoms with E-state index in [1.807, 2.05) is 0 Å². The van der Waals surface area contributed by atoms with Crippen LogP contribution in [-0.4, -0.2) is 19.3 Å². The fraction of sp³-hybridized carbons (Fsp3) is 0.333. The van der Waals surface area contributed by atoms with Gasteiger partial charge >= 0.3 is 0 Å². The molecule has 0 aliphatic rings. The van der Waals surface area contributed by atoms with Gasteiger partial charge in [0, 0.05) is 10.0 Å². The van der Waals surface area contributed by atoms with Gasteiger partial charge in [0.1, 0.15) is 0 Å². The Morgan fingerprint density at radius 3 is 2.36 bits per heavy atom. The second-order valence-corrected chi connectivity index (χ2v) is 3.40. The van der Waals surface area contributed by atoms with Crippen LogP contribution in [0.15, 0.2) is 10.5 Å². The fourth-order valence-electron chi connectivity index (χ4n) is 1.17. The molecule has 0 aliphatic heterocycles. The summed E-state index contributed by atoms with van der Waals surface area (Å²) in [6, 6.07) is 1.23. The molecule has 0 bridgehead atoms. The highest BCUT2D eigenvalue weighted by molar-refractivity contribution is 9.10. The number of halogens is 2. The van der Waals surface area contributed by atoms with Crippen LogP contribution in [0, 0.1) is 5.82 Å². The van der Waals surface area contributed by atoms with Gasteiger partial charge in [-0.1, -0.05) is 15.9 Å². The number of hydrogen-bond acceptors (Lipinski definition) is 3. The third-order valence-electron chi connectivity index (χ3n) is 1.81. The molecule has 14 heavy (non-hydrogen) atoms. The van der Waals surface area contributed by atoms with Crippen molar-refractivity contribution in [1.82, 2.24) is 0 Å². The Labute approximate surface area is 89.6 Å². The molecule has 0 saturated carbocycles. The van der Waals surface area contributed by atoms with Gasteiger partial charge in [0.15, 0.2) is 17.3 Å². The summed E-state index contributed by atoms with van der Waals surface area (Å²) in [5, 5.41) is 9.05. The van der Waals surface area contributed by atoms with Crippen LogP contribution < -0.4 is 9.47 Å². The maximum absolute atomic E-state index is 13.3. The number of ether oxygens (including phenoxy) is 2. The second kappa shape index (κ2) is 4.61. The SMILES string of the molecule is COc1c(F)cc(Br)c(CO)c1OC. The second-order valence-electron chi connectivity index (χ2n) is 2.54. The maximum Gasteiger partial charge on any atom is 0.197 e. The van der Waals surface area contributed by atoms with Gasteiger partial charge in [-0.2, -0.15) is 0 Å². The molecule has 3 nitrogen and oxygen atoms in total. The molecule has 0 aromatic heterocycles. The molecule has 1 N–H and O–H groups in total. The monoisotopic (exact) mass is 264 g/mol. The van der Waals surface area contributed by atoms with E-state index in [4.69, 9.17) is 14.6 Å². The van der Waals surface area contributed by atoms with Crippen LogP contribution in [-0.2, 0) is 6.61 Å². The zero-order chi connectivity index (χ0) is 10.7. The van der Waals surface area contributed by atoms with Crippen molar-refractivity contribution in [2.75, 3.05) is 14.2 Å². The van der Waals surface area contributed by atoms with E-state index in [-0.39, 0.29) is 18.1 Å². The first-order valence-electron chi connectivity index (χ1n) is 3.85. The Kier molecular flexibility index (Phi) is 3.71. The van der Waals surface area contributed by atoms with E-state index < -0.39 is 5.82 Å². The Balaban J connectivity index is 3.43. The fourth-order valence-corrected chi connectivity index (χ4v) is 1.68. The van der Waals surface area contributed by atoms with Crippen molar-refractivity contribution in [3.8, 4) is 11.5 Å². The lowest BCUT2D eigenvalue weighted by molar-refractivity contribution is 0.267. The molecule has 5 heteroatoms. The smallest absolute Gasteiger partial charge is 0.197 e. The van der Waals surface area contributed by atoms with E-state index >= 15 is 0 Å². The molecular weight excluding hydrogens is 255 g/mol. The van der Waals surface area contributed by atoms with Gasteiger partial charge in [0.2, 0.25) is 0 Å². The summed E-state index contributed by atoms with van der Waals surface area (Å²) in [4.78, 5) is 0. The van der Waals surface area contributed by atoms with Gasteiger partial charge in [-0.25, -0.2) is 4.39 Å². The summed E-state index contributed by atoms with van der Waals surface area (Å²) in [5.74, 6) is -0.324. The highest BCUT2D eigenvalue weighted by Gasteiger charge is 2.17. The van der Waals surface area contributed by atoms with Gasteiger partial charge < -0.3 is 14.6 Å². The summed E-state index contributed by atoms with van der Waals surface area (Å²) in [6.07, 6.45) is 0. The third kappa shape index (κ3) is 1.83. The number of rotatable bonds is 3. The van der Waals surface area contributed by atoms with Crippen LogP contribution in [0.5, 0.6) is 11.5 Å². The molecule has 1 aromatic rings. The molecule has 0 unspecified atom stereocenters. The zero-order valence-electron chi connectivity index (χ0n) is 7.80. The van der Waals surface area contributed by atoms with Crippen molar-refractivity contribution in [2.24, 2.45) is 0 Å². The van der Waals surface area contributed by atoms with Crippen LogP contribution in [0.4, 0.5) is 4.39 Å². The minimum absolute atomic E-state index is 0.000231. The number of methoxy groups -OCH3 is 2. The van der Waals surface area contributed by atoms with Crippen molar-refractivity contribution in [3.05, 3.63) is 21.9 Å². The van der Waals surface area contributed by atoms with E-state index in [1.54, 1.807) is 0 Å². The Morgan fingerprint density at radius 2 is 1.93 bits per heavy atom. The van der Waals surface area contributed by atoms with Gasteiger partial charge in [0.05, 0.1) is 20.8 Å². The van der Waals surface area contributed by atoms with Crippen LogP contribution in [0.3, 0.4) is 0 Å². The molecule has 0 fully saturated rings. The van der Waals surface area contributed by atoms with Crippen LogP contribution in [0.2, 0.25) is 0 Å². The highest BCUT2D eigenvalue weighted by atomic mass is 79.9. The molecule has 1 aromatic carbocycles. The summed E-state index contributed by atoms with van der Waals surface area (Å²) < 4.78 is 23.5. The van der Waals surface area contributed by atoms with E-state index in [0.29, 0.717) is 10.0 Å². The predicted octanol–water partition coefficient (Wildman–Crippen LogP) is 2.10. The average Bonchev–Trinajstić information content (AvgIpc) is 2.16. The molecule has 0 radical (unpaired) electrons. The van der Waals surface area contributed by atoms with Crippen LogP contribution >= 0.6 is 15.9 Å². The molecule has 0 amide bonds. The quantitative estimate of drug-likeness (QED) is 0.909. The average molecular weight is 265 g/mol. The molecule has 0 saturated heterocycles. The first-order valence-corrected chi connectivity index (χ1v) is 4.64. The summed E-state index contributed by atoms with van der Waals surface area (Å²) in [5.41, 5.74) is 0.464. The molecule has 78 valence electrons. The molecule has 0 heterocycles. The van der Waals surface area contributed by atoms with Gasteiger partial charge in [-0.3, -0.25) is 0 Å². The number of aliphatic hydroxyl groups excluding tert-OH is 1. The van der Waals surface area contributed by atoms with E-state index in [2.05, 4.69) is 15.9 Å². The Bertz CT molecular complexity index is 313. The minimum atomic E-state index is -0.534. The zero-order valence-corrected chi connectivity index (χ0v) is 9.39. The summed E-state index contributed by atoms with van der Waals surface area (Å²) in [6.45, 7) is -0.250. The van der Waals surface area contributed by atoms with Crippen molar-refractivity contribution in [2.45, 2.75) is 6.61 Å². The van der Waals surface area contributed by atoms with Crippen molar-refractivity contribution >= 4 is 15.9 Å². The van der Waals surface area contributed by atoms with E-state index in [9.17, 15) is 4.39 Å². The van der Waals surface area contributed by atoms with Crippen LogP contribution in [0.25, 0.3) is 0 Å². The van der Waals surface area contributed by atoms with Gasteiger partial charge in [-0.05, 0) is 6.07 Å². The largest absolute Gasteiger partial charge is 0.492 e. The van der Waals surface area contributed by atoms with Crippen molar-refractivity contribution < 1.29 is 19.0 Å².